The minimum Gasteiger partial charge on any atom is -0.337 e. The van der Waals surface area contributed by atoms with E-state index >= 15 is 0 Å². The van der Waals surface area contributed by atoms with Crippen LogP contribution in [0, 0.1) is 0 Å². The fourth-order valence-corrected chi connectivity index (χ4v) is 3.10. The van der Waals surface area contributed by atoms with Gasteiger partial charge in [-0.05, 0) is 37.3 Å². The third-order valence-corrected chi connectivity index (χ3v) is 4.07. The van der Waals surface area contributed by atoms with Crippen molar-refractivity contribution in [3.63, 3.8) is 0 Å². The molecule has 2 atom stereocenters. The average molecular weight is 255 g/mol. The fourth-order valence-electron chi connectivity index (χ4n) is 3.10. The van der Waals surface area contributed by atoms with Gasteiger partial charge >= 0.3 is 0 Å². The van der Waals surface area contributed by atoms with Crippen LogP contribution < -0.4 is 5.32 Å². The topological polar surface area (TPSA) is 29.9 Å². The number of imidazole rings is 1. The Hall–Kier alpha value is -1.61. The minimum atomic E-state index is 0.274. The number of nitrogens with zero attached hydrogens (tertiary/aromatic N) is 2. The smallest absolute Gasteiger partial charge is 0.125 e. The predicted octanol–water partition coefficient (Wildman–Crippen LogP) is 3.15. The van der Waals surface area contributed by atoms with E-state index in [0.717, 1.165) is 5.82 Å². The summed E-state index contributed by atoms with van der Waals surface area (Å²) in [7, 11) is 2.05. The number of hydrogen-bond acceptors (Lipinski definition) is 2. The maximum absolute atomic E-state index is 4.44. The Bertz CT molecular complexity index is 559. The van der Waals surface area contributed by atoms with Crippen molar-refractivity contribution in [1.29, 1.82) is 0 Å². The summed E-state index contributed by atoms with van der Waals surface area (Å²) < 4.78 is 2.09. The van der Waals surface area contributed by atoms with Crippen LogP contribution in [0.1, 0.15) is 48.8 Å². The summed E-state index contributed by atoms with van der Waals surface area (Å²) in [6.45, 7) is 2.19. The first-order valence-corrected chi connectivity index (χ1v) is 7.07. The van der Waals surface area contributed by atoms with Gasteiger partial charge in [-0.15, -0.1) is 0 Å². The van der Waals surface area contributed by atoms with Crippen molar-refractivity contribution in [2.75, 3.05) is 0 Å². The van der Waals surface area contributed by atoms with E-state index in [9.17, 15) is 0 Å². The lowest BCUT2D eigenvalue weighted by Gasteiger charge is -2.29. The molecule has 3 nitrogen and oxygen atoms in total. The molecule has 2 unspecified atom stereocenters. The number of aromatic nitrogens is 2. The molecule has 3 heteroatoms. The molecule has 19 heavy (non-hydrogen) atoms. The van der Waals surface area contributed by atoms with Gasteiger partial charge in [-0.25, -0.2) is 4.98 Å². The Morgan fingerprint density at radius 3 is 3.00 bits per heavy atom. The molecule has 1 aromatic carbocycles. The van der Waals surface area contributed by atoms with E-state index in [1.165, 1.54) is 30.4 Å². The van der Waals surface area contributed by atoms with Crippen LogP contribution in [0.5, 0.6) is 0 Å². The van der Waals surface area contributed by atoms with Gasteiger partial charge in [0, 0.05) is 25.5 Å². The molecule has 2 aromatic rings. The van der Waals surface area contributed by atoms with Crippen molar-refractivity contribution in [3.05, 3.63) is 53.6 Å². The van der Waals surface area contributed by atoms with E-state index in [2.05, 4.69) is 53.1 Å². The summed E-state index contributed by atoms with van der Waals surface area (Å²) in [6.07, 6.45) is 7.56. The first kappa shape index (κ1) is 12.4. The average Bonchev–Trinajstić information content (AvgIpc) is 2.85. The van der Waals surface area contributed by atoms with Crippen molar-refractivity contribution in [2.45, 2.75) is 38.3 Å². The summed E-state index contributed by atoms with van der Waals surface area (Å²) in [5.41, 5.74) is 2.97. The SMILES string of the molecule is CC(NC1CCCc2ccccc21)c1nccn1C. The number of hydrogen-bond donors (Lipinski definition) is 1. The van der Waals surface area contributed by atoms with Gasteiger partial charge < -0.3 is 9.88 Å². The van der Waals surface area contributed by atoms with Gasteiger partial charge in [0.05, 0.1) is 6.04 Å². The molecule has 0 amide bonds. The lowest BCUT2D eigenvalue weighted by molar-refractivity contribution is 0.401. The van der Waals surface area contributed by atoms with Gasteiger partial charge in [0.15, 0.2) is 0 Å². The number of fused-ring (bicyclic) bond motifs is 1. The third-order valence-electron chi connectivity index (χ3n) is 4.07. The molecule has 0 radical (unpaired) electrons. The zero-order chi connectivity index (χ0) is 13.2. The first-order chi connectivity index (χ1) is 9.25. The molecule has 1 aliphatic rings. The predicted molar refractivity (Wildman–Crippen MR) is 76.9 cm³/mol. The molecular weight excluding hydrogens is 234 g/mol. The van der Waals surface area contributed by atoms with Crippen LogP contribution in [0.15, 0.2) is 36.7 Å². The van der Waals surface area contributed by atoms with Crippen molar-refractivity contribution in [3.8, 4) is 0 Å². The molecule has 1 N–H and O–H groups in total. The van der Waals surface area contributed by atoms with Gasteiger partial charge in [-0.2, -0.15) is 0 Å². The summed E-state index contributed by atoms with van der Waals surface area (Å²) in [4.78, 5) is 4.44. The van der Waals surface area contributed by atoms with Crippen LogP contribution >= 0.6 is 0 Å². The van der Waals surface area contributed by atoms with E-state index in [-0.39, 0.29) is 6.04 Å². The monoisotopic (exact) mass is 255 g/mol. The van der Waals surface area contributed by atoms with Gasteiger partial charge in [-0.1, -0.05) is 24.3 Å². The minimum absolute atomic E-state index is 0.274. The summed E-state index contributed by atoms with van der Waals surface area (Å²) in [6, 6.07) is 9.53. The third kappa shape index (κ3) is 2.43. The standard InChI is InChI=1S/C16H21N3/c1-12(16-17-10-11-19(16)2)18-15-9-5-7-13-6-3-4-8-14(13)15/h3-4,6,8,10-12,15,18H,5,7,9H2,1-2H3. The molecule has 100 valence electrons. The number of benzene rings is 1. The Labute approximate surface area is 114 Å². The zero-order valence-electron chi connectivity index (χ0n) is 11.6. The molecule has 0 bridgehead atoms. The number of rotatable bonds is 3. The van der Waals surface area contributed by atoms with E-state index < -0.39 is 0 Å². The normalized spacial score (nSPS) is 20.0. The highest BCUT2D eigenvalue weighted by Gasteiger charge is 2.22. The van der Waals surface area contributed by atoms with Crippen LogP contribution in [-0.4, -0.2) is 9.55 Å². The molecule has 1 aromatic heterocycles. The number of nitrogens with one attached hydrogen (secondary N) is 1. The Morgan fingerprint density at radius 1 is 1.37 bits per heavy atom. The van der Waals surface area contributed by atoms with Crippen LogP contribution in [0.3, 0.4) is 0 Å². The van der Waals surface area contributed by atoms with Crippen molar-refractivity contribution in [1.82, 2.24) is 14.9 Å². The van der Waals surface area contributed by atoms with Crippen molar-refractivity contribution >= 4 is 0 Å². The summed E-state index contributed by atoms with van der Waals surface area (Å²) in [5.74, 6) is 1.10. The molecule has 0 aliphatic heterocycles. The second-order valence-electron chi connectivity index (χ2n) is 5.43. The Balaban J connectivity index is 1.80. The molecule has 0 fully saturated rings. The molecule has 1 heterocycles. The largest absolute Gasteiger partial charge is 0.337 e. The quantitative estimate of drug-likeness (QED) is 0.913. The molecule has 1 aliphatic carbocycles. The Morgan fingerprint density at radius 2 is 2.21 bits per heavy atom. The van der Waals surface area contributed by atoms with Crippen LogP contribution in [0.25, 0.3) is 0 Å². The molecule has 0 saturated carbocycles. The lowest BCUT2D eigenvalue weighted by atomic mass is 9.87. The van der Waals surface area contributed by atoms with E-state index in [4.69, 9.17) is 0 Å². The highest BCUT2D eigenvalue weighted by Crippen LogP contribution is 2.31. The highest BCUT2D eigenvalue weighted by atomic mass is 15.1. The van der Waals surface area contributed by atoms with E-state index in [1.807, 2.05) is 12.4 Å². The molecule has 0 spiro atoms. The zero-order valence-corrected chi connectivity index (χ0v) is 11.6. The van der Waals surface area contributed by atoms with E-state index in [1.54, 1.807) is 0 Å². The van der Waals surface area contributed by atoms with Gasteiger partial charge in [0.2, 0.25) is 0 Å². The maximum Gasteiger partial charge on any atom is 0.125 e. The van der Waals surface area contributed by atoms with Crippen molar-refractivity contribution < 1.29 is 0 Å². The Kier molecular flexibility index (Phi) is 3.38. The van der Waals surface area contributed by atoms with Crippen LogP contribution in [-0.2, 0) is 13.5 Å². The molecule has 0 saturated heterocycles. The molecule has 3 rings (SSSR count). The maximum atomic E-state index is 4.44. The second-order valence-corrected chi connectivity index (χ2v) is 5.43. The lowest BCUT2D eigenvalue weighted by Crippen LogP contribution is -2.29. The van der Waals surface area contributed by atoms with Crippen molar-refractivity contribution in [2.24, 2.45) is 7.05 Å². The number of aryl methyl sites for hydroxylation is 2. The second kappa shape index (κ2) is 5.17. The first-order valence-electron chi connectivity index (χ1n) is 7.07. The van der Waals surface area contributed by atoms with Gasteiger partial charge in [0.1, 0.15) is 5.82 Å². The summed E-state index contributed by atoms with van der Waals surface area (Å²) in [5, 5.41) is 3.73. The summed E-state index contributed by atoms with van der Waals surface area (Å²) >= 11 is 0. The molecular formula is C16H21N3. The van der Waals surface area contributed by atoms with Gasteiger partial charge in [0.25, 0.3) is 0 Å². The fraction of sp³-hybridized carbons (Fsp3) is 0.438. The highest BCUT2D eigenvalue weighted by molar-refractivity contribution is 5.32. The van der Waals surface area contributed by atoms with E-state index in [0.29, 0.717) is 6.04 Å². The van der Waals surface area contributed by atoms with Crippen LogP contribution in [0.2, 0.25) is 0 Å². The van der Waals surface area contributed by atoms with Gasteiger partial charge in [-0.3, -0.25) is 0 Å². The van der Waals surface area contributed by atoms with Crippen LogP contribution in [0.4, 0.5) is 0 Å².